The third-order valence-corrected chi connectivity index (χ3v) is 6.23. The van der Waals surface area contributed by atoms with E-state index in [1.807, 2.05) is 24.3 Å². The number of rotatable bonds is 4. The molecule has 0 amide bonds. The van der Waals surface area contributed by atoms with E-state index in [0.717, 1.165) is 41.5 Å². The number of halogens is 1. The van der Waals surface area contributed by atoms with Crippen LogP contribution in [0.5, 0.6) is 0 Å². The third kappa shape index (κ3) is 3.91. The van der Waals surface area contributed by atoms with Gasteiger partial charge in [-0.3, -0.25) is 10.0 Å². The molecule has 3 N–H and O–H groups in total. The topological polar surface area (TPSA) is 85.0 Å². The first-order valence-electron chi connectivity index (χ1n) is 9.78. The molecule has 1 aromatic carbocycles. The highest BCUT2D eigenvalue weighted by molar-refractivity contribution is 6.30. The van der Waals surface area contributed by atoms with Gasteiger partial charge in [-0.05, 0) is 55.5 Å². The lowest BCUT2D eigenvalue weighted by molar-refractivity contribution is -0.904. The second-order valence-electron chi connectivity index (χ2n) is 7.70. The fourth-order valence-electron chi connectivity index (χ4n) is 4.28. The van der Waals surface area contributed by atoms with Crippen LogP contribution in [0.1, 0.15) is 37.3 Å². The van der Waals surface area contributed by atoms with Crippen molar-refractivity contribution in [3.8, 4) is 11.3 Å². The summed E-state index contributed by atoms with van der Waals surface area (Å²) in [7, 11) is 0. The number of pyridine rings is 1. The van der Waals surface area contributed by atoms with Crippen LogP contribution in [-0.4, -0.2) is 21.5 Å². The summed E-state index contributed by atoms with van der Waals surface area (Å²) in [4.78, 5) is 12.5. The molecule has 2 heterocycles. The van der Waals surface area contributed by atoms with Gasteiger partial charge in [-0.25, -0.2) is 4.68 Å². The Hall–Kier alpha value is -2.70. The maximum atomic E-state index is 12.5. The van der Waals surface area contributed by atoms with Gasteiger partial charge in [0.1, 0.15) is 0 Å². The Labute approximate surface area is 174 Å². The molecule has 3 aromatic rings. The van der Waals surface area contributed by atoms with Gasteiger partial charge in [0, 0.05) is 33.8 Å². The zero-order valence-corrected chi connectivity index (χ0v) is 16.8. The Bertz CT molecular complexity index is 1070. The van der Waals surface area contributed by atoms with E-state index in [2.05, 4.69) is 11.2 Å². The molecule has 0 saturated heterocycles. The van der Waals surface area contributed by atoms with E-state index in [1.165, 1.54) is 6.20 Å². The van der Waals surface area contributed by atoms with Crippen LogP contribution in [0.4, 0.5) is 0 Å². The molecule has 7 heteroatoms. The number of aromatic nitrogens is 3. The number of hydrogen-bond acceptors (Lipinski definition) is 4. The van der Waals surface area contributed by atoms with E-state index in [9.17, 15) is 10.0 Å². The van der Waals surface area contributed by atoms with Gasteiger partial charge in [0.25, 0.3) is 5.56 Å². The molecule has 29 heavy (non-hydrogen) atoms. The minimum atomic E-state index is -0.121. The quantitative estimate of drug-likeness (QED) is 0.510. The lowest BCUT2D eigenvalue weighted by Gasteiger charge is -2.40. The van der Waals surface area contributed by atoms with Crippen molar-refractivity contribution in [2.24, 2.45) is 5.73 Å². The summed E-state index contributed by atoms with van der Waals surface area (Å²) in [5, 5.41) is 15.0. The molecule has 1 saturated carbocycles. The minimum Gasteiger partial charge on any atom is -0.330 e. The number of hydrogen-bond donors (Lipinski definition) is 2. The number of nitrogens with two attached hydrogens (primary N) is 1. The van der Waals surface area contributed by atoms with Crippen molar-refractivity contribution in [1.29, 1.82) is 0 Å². The molecule has 1 fully saturated rings. The Morgan fingerprint density at radius 3 is 2.69 bits per heavy atom. The second kappa shape index (κ2) is 7.97. The molecule has 2 aromatic heterocycles. The predicted octanol–water partition coefficient (Wildman–Crippen LogP) is 3.10. The first kappa shape index (κ1) is 19.6. The SMILES string of the molecule is NC[C@]1(c2cccc(Cl)c2)CC[C@H](n2nc(-c3ccc[n+](O)c3)ccc2=O)CC1. The molecular weight excluding hydrogens is 388 g/mol. The van der Waals surface area contributed by atoms with Crippen molar-refractivity contribution in [2.45, 2.75) is 37.1 Å². The van der Waals surface area contributed by atoms with Crippen LogP contribution >= 0.6 is 11.6 Å². The first-order chi connectivity index (χ1) is 14.0. The average molecular weight is 412 g/mol. The molecule has 0 aliphatic heterocycles. The van der Waals surface area contributed by atoms with E-state index in [4.69, 9.17) is 17.3 Å². The van der Waals surface area contributed by atoms with E-state index in [1.54, 1.807) is 29.1 Å². The highest BCUT2D eigenvalue weighted by Crippen LogP contribution is 2.42. The molecule has 1 aliphatic carbocycles. The summed E-state index contributed by atoms with van der Waals surface area (Å²) in [6, 6.07) is 14.7. The number of nitrogens with zero attached hydrogens (tertiary/aromatic N) is 3. The summed E-state index contributed by atoms with van der Waals surface area (Å²) in [5.41, 5.74) is 8.52. The van der Waals surface area contributed by atoms with Crippen LogP contribution in [0, 0.1) is 0 Å². The van der Waals surface area contributed by atoms with Crippen molar-refractivity contribution in [3.63, 3.8) is 0 Å². The lowest BCUT2D eigenvalue weighted by Crippen LogP contribution is -2.41. The molecule has 150 valence electrons. The maximum absolute atomic E-state index is 12.5. The van der Waals surface area contributed by atoms with E-state index < -0.39 is 0 Å². The highest BCUT2D eigenvalue weighted by Gasteiger charge is 2.37. The minimum absolute atomic E-state index is 0.0197. The normalized spacial score (nSPS) is 21.8. The van der Waals surface area contributed by atoms with Gasteiger partial charge in [-0.2, -0.15) is 5.10 Å². The second-order valence-corrected chi connectivity index (χ2v) is 8.14. The maximum Gasteiger partial charge on any atom is 0.267 e. The lowest BCUT2D eigenvalue weighted by atomic mass is 9.68. The summed E-state index contributed by atoms with van der Waals surface area (Å²) in [6.07, 6.45) is 6.47. The van der Waals surface area contributed by atoms with Gasteiger partial charge in [-0.1, -0.05) is 23.7 Å². The summed E-state index contributed by atoms with van der Waals surface area (Å²) < 4.78 is 2.57. The third-order valence-electron chi connectivity index (χ3n) is 5.99. The van der Waals surface area contributed by atoms with Gasteiger partial charge in [0.15, 0.2) is 0 Å². The van der Waals surface area contributed by atoms with Gasteiger partial charge >= 0.3 is 0 Å². The van der Waals surface area contributed by atoms with Gasteiger partial charge in [-0.15, -0.1) is 0 Å². The zero-order chi connectivity index (χ0) is 20.4. The van der Waals surface area contributed by atoms with E-state index in [0.29, 0.717) is 17.3 Å². The summed E-state index contributed by atoms with van der Waals surface area (Å²) >= 11 is 6.20. The van der Waals surface area contributed by atoms with Crippen molar-refractivity contribution in [1.82, 2.24) is 9.78 Å². The first-order valence-corrected chi connectivity index (χ1v) is 10.2. The largest absolute Gasteiger partial charge is 0.330 e. The smallest absolute Gasteiger partial charge is 0.267 e. The monoisotopic (exact) mass is 411 g/mol. The van der Waals surface area contributed by atoms with Crippen LogP contribution < -0.4 is 16.0 Å². The fourth-order valence-corrected chi connectivity index (χ4v) is 4.47. The van der Waals surface area contributed by atoms with Crippen LogP contribution in [0.25, 0.3) is 11.3 Å². The Balaban J connectivity index is 1.60. The zero-order valence-electron chi connectivity index (χ0n) is 16.0. The Morgan fingerprint density at radius 2 is 2.00 bits per heavy atom. The molecular formula is C22H24ClN4O2+. The predicted molar refractivity (Wildman–Crippen MR) is 111 cm³/mol. The standard InChI is InChI=1S/C22H24ClN4O2/c23-18-5-1-4-17(13-18)22(15-24)10-8-19(9-11-22)27-21(28)7-6-20(25-27)16-3-2-12-26(29)14-16/h1-7,12-14,19,29H,8-11,15,24H2/q+1/t19-,22-. The van der Waals surface area contributed by atoms with E-state index >= 15 is 0 Å². The van der Waals surface area contributed by atoms with Crippen LogP contribution in [-0.2, 0) is 5.41 Å². The Morgan fingerprint density at radius 1 is 1.21 bits per heavy atom. The molecule has 4 rings (SSSR count). The highest BCUT2D eigenvalue weighted by atomic mass is 35.5. The van der Waals surface area contributed by atoms with Crippen LogP contribution in [0.3, 0.4) is 0 Å². The van der Waals surface area contributed by atoms with Crippen molar-refractivity contribution >= 4 is 11.6 Å². The molecule has 0 atom stereocenters. The summed E-state index contributed by atoms with van der Waals surface area (Å²) in [5.74, 6) is 0. The van der Waals surface area contributed by atoms with E-state index in [-0.39, 0.29) is 17.0 Å². The average Bonchev–Trinajstić information content (AvgIpc) is 2.74. The van der Waals surface area contributed by atoms with Gasteiger partial charge in [0.2, 0.25) is 12.4 Å². The molecule has 0 bridgehead atoms. The van der Waals surface area contributed by atoms with Crippen LogP contribution in [0.2, 0.25) is 5.02 Å². The molecule has 0 radical (unpaired) electrons. The molecule has 1 aliphatic rings. The number of benzene rings is 1. The van der Waals surface area contributed by atoms with Gasteiger partial charge < -0.3 is 5.73 Å². The van der Waals surface area contributed by atoms with Crippen molar-refractivity contribution < 1.29 is 9.94 Å². The molecule has 6 nitrogen and oxygen atoms in total. The summed E-state index contributed by atoms with van der Waals surface area (Å²) in [6.45, 7) is 0.545. The van der Waals surface area contributed by atoms with Gasteiger partial charge in [0.05, 0.1) is 17.3 Å². The molecule has 0 spiro atoms. The van der Waals surface area contributed by atoms with Crippen LogP contribution in [0.15, 0.2) is 65.7 Å². The van der Waals surface area contributed by atoms with Crippen molar-refractivity contribution in [2.75, 3.05) is 6.54 Å². The van der Waals surface area contributed by atoms with Crippen molar-refractivity contribution in [3.05, 3.63) is 81.9 Å². The fraction of sp³-hybridized carbons (Fsp3) is 0.318. The Kier molecular flexibility index (Phi) is 5.39. The molecule has 0 unspecified atom stereocenters.